The maximum Gasteiger partial charge on any atom is 0.183 e. The highest BCUT2D eigenvalue weighted by Gasteiger charge is 2.24. The van der Waals surface area contributed by atoms with Gasteiger partial charge in [0.25, 0.3) is 0 Å². The Hall–Kier alpha value is -2.54. The summed E-state index contributed by atoms with van der Waals surface area (Å²) in [4.78, 5) is 23.1. The van der Waals surface area contributed by atoms with Gasteiger partial charge in [0.1, 0.15) is 11.3 Å². The quantitative estimate of drug-likeness (QED) is 0.765. The molecule has 0 unspecified atom stereocenters. The van der Waals surface area contributed by atoms with E-state index in [1.54, 1.807) is 6.33 Å². The standard InChI is InChI=1S/C17H21N7/c1-11-2-3-12(8-19-11)9-24-6-4-13(5-7-24)16-22-15(18)14-17(23-16)21-10-20-14/h2-3,8,10,13H,4-7,9H2,1H3,(H3,18,20,21,22,23). The highest BCUT2D eigenvalue weighted by Crippen LogP contribution is 2.28. The maximum atomic E-state index is 6.01. The zero-order valence-electron chi connectivity index (χ0n) is 13.7. The summed E-state index contributed by atoms with van der Waals surface area (Å²) in [6, 6.07) is 4.22. The Balaban J connectivity index is 1.42. The lowest BCUT2D eigenvalue weighted by Gasteiger charge is -2.31. The predicted octanol–water partition coefficient (Wildman–Crippen LogP) is 2.02. The lowest BCUT2D eigenvalue weighted by atomic mass is 9.95. The topological polar surface area (TPSA) is 96.6 Å². The number of nitrogens with zero attached hydrogens (tertiary/aromatic N) is 5. The first-order chi connectivity index (χ1) is 11.7. The summed E-state index contributed by atoms with van der Waals surface area (Å²) in [6.45, 7) is 5.01. The lowest BCUT2D eigenvalue weighted by molar-refractivity contribution is 0.201. The number of nitrogens with two attached hydrogens (primary N) is 1. The fourth-order valence-electron chi connectivity index (χ4n) is 3.26. The smallest absolute Gasteiger partial charge is 0.183 e. The first-order valence-electron chi connectivity index (χ1n) is 8.29. The number of likely N-dealkylation sites (tertiary alicyclic amines) is 1. The Kier molecular flexibility index (Phi) is 3.86. The van der Waals surface area contributed by atoms with Crippen molar-refractivity contribution in [3.8, 4) is 0 Å². The van der Waals surface area contributed by atoms with E-state index in [0.29, 0.717) is 17.4 Å². The number of fused-ring (bicyclic) bond motifs is 1. The monoisotopic (exact) mass is 323 g/mol. The molecule has 0 aromatic carbocycles. The summed E-state index contributed by atoms with van der Waals surface area (Å²) in [5.74, 6) is 1.66. The molecule has 0 atom stereocenters. The van der Waals surface area contributed by atoms with Crippen LogP contribution in [0.25, 0.3) is 11.2 Å². The zero-order chi connectivity index (χ0) is 16.5. The zero-order valence-corrected chi connectivity index (χ0v) is 13.7. The number of nitrogens with one attached hydrogen (secondary N) is 1. The van der Waals surface area contributed by atoms with E-state index in [-0.39, 0.29) is 0 Å². The van der Waals surface area contributed by atoms with Crippen LogP contribution in [0.2, 0.25) is 0 Å². The van der Waals surface area contributed by atoms with E-state index < -0.39 is 0 Å². The molecule has 3 aromatic rings. The molecular formula is C17H21N7. The molecule has 0 radical (unpaired) electrons. The van der Waals surface area contributed by atoms with Crippen LogP contribution in [0, 0.1) is 6.92 Å². The van der Waals surface area contributed by atoms with Gasteiger partial charge in [0, 0.05) is 24.4 Å². The van der Waals surface area contributed by atoms with Crippen molar-refractivity contribution in [1.29, 1.82) is 0 Å². The van der Waals surface area contributed by atoms with Crippen molar-refractivity contribution in [2.75, 3.05) is 18.8 Å². The van der Waals surface area contributed by atoms with E-state index >= 15 is 0 Å². The van der Waals surface area contributed by atoms with Crippen molar-refractivity contribution in [2.45, 2.75) is 32.2 Å². The van der Waals surface area contributed by atoms with E-state index in [2.05, 4.69) is 42.0 Å². The summed E-state index contributed by atoms with van der Waals surface area (Å²) in [7, 11) is 0. The third-order valence-electron chi connectivity index (χ3n) is 4.66. The predicted molar refractivity (Wildman–Crippen MR) is 92.3 cm³/mol. The van der Waals surface area contributed by atoms with Gasteiger partial charge < -0.3 is 10.7 Å². The average Bonchev–Trinajstić information content (AvgIpc) is 3.07. The van der Waals surface area contributed by atoms with Gasteiger partial charge in [-0.1, -0.05) is 6.07 Å². The summed E-state index contributed by atoms with van der Waals surface area (Å²) >= 11 is 0. The number of H-pyrrole nitrogens is 1. The summed E-state index contributed by atoms with van der Waals surface area (Å²) in [6.07, 6.45) is 5.65. The van der Waals surface area contributed by atoms with Gasteiger partial charge in [0.2, 0.25) is 0 Å². The van der Waals surface area contributed by atoms with Gasteiger partial charge in [-0.25, -0.2) is 15.0 Å². The van der Waals surface area contributed by atoms with Crippen LogP contribution in [-0.4, -0.2) is 42.9 Å². The van der Waals surface area contributed by atoms with Crippen molar-refractivity contribution >= 4 is 17.0 Å². The van der Waals surface area contributed by atoms with E-state index in [4.69, 9.17) is 5.73 Å². The first-order valence-corrected chi connectivity index (χ1v) is 8.29. The molecule has 4 rings (SSSR count). The Morgan fingerprint density at radius 3 is 2.79 bits per heavy atom. The molecule has 1 saturated heterocycles. The minimum atomic E-state index is 0.348. The van der Waals surface area contributed by atoms with Gasteiger partial charge in [-0.05, 0) is 44.5 Å². The molecule has 0 aliphatic carbocycles. The number of aromatic amines is 1. The third kappa shape index (κ3) is 2.94. The Labute approximate surface area is 140 Å². The average molecular weight is 323 g/mol. The van der Waals surface area contributed by atoms with Crippen LogP contribution in [0.3, 0.4) is 0 Å². The van der Waals surface area contributed by atoms with Gasteiger partial charge in [-0.3, -0.25) is 9.88 Å². The molecular weight excluding hydrogens is 302 g/mol. The number of hydrogen-bond donors (Lipinski definition) is 2. The molecule has 3 N–H and O–H groups in total. The number of nitrogen functional groups attached to an aromatic ring is 1. The highest BCUT2D eigenvalue weighted by molar-refractivity contribution is 5.80. The molecule has 7 heteroatoms. The van der Waals surface area contributed by atoms with E-state index in [1.165, 1.54) is 5.56 Å². The first kappa shape index (κ1) is 15.0. The fourth-order valence-corrected chi connectivity index (χ4v) is 3.26. The second-order valence-corrected chi connectivity index (χ2v) is 6.43. The molecule has 1 fully saturated rings. The van der Waals surface area contributed by atoms with Gasteiger partial charge in [-0.15, -0.1) is 0 Å². The number of anilines is 1. The van der Waals surface area contributed by atoms with Crippen LogP contribution in [0.15, 0.2) is 24.7 Å². The molecule has 7 nitrogen and oxygen atoms in total. The second kappa shape index (κ2) is 6.16. The van der Waals surface area contributed by atoms with Crippen molar-refractivity contribution in [3.05, 3.63) is 41.7 Å². The Morgan fingerprint density at radius 2 is 2.04 bits per heavy atom. The fraction of sp³-hybridized carbons (Fsp3) is 0.412. The summed E-state index contributed by atoms with van der Waals surface area (Å²) < 4.78 is 0. The van der Waals surface area contributed by atoms with Crippen molar-refractivity contribution in [3.63, 3.8) is 0 Å². The normalized spacial score (nSPS) is 16.7. The van der Waals surface area contributed by atoms with E-state index in [9.17, 15) is 0 Å². The highest BCUT2D eigenvalue weighted by atomic mass is 15.1. The van der Waals surface area contributed by atoms with Gasteiger partial charge in [0.05, 0.1) is 6.33 Å². The van der Waals surface area contributed by atoms with E-state index in [0.717, 1.165) is 49.5 Å². The van der Waals surface area contributed by atoms with E-state index in [1.807, 2.05) is 13.1 Å². The minimum Gasteiger partial charge on any atom is -0.382 e. The Morgan fingerprint density at radius 1 is 1.21 bits per heavy atom. The molecule has 0 saturated carbocycles. The number of piperidine rings is 1. The molecule has 0 bridgehead atoms. The number of imidazole rings is 1. The molecule has 0 spiro atoms. The van der Waals surface area contributed by atoms with Gasteiger partial charge >= 0.3 is 0 Å². The molecule has 1 aliphatic heterocycles. The van der Waals surface area contributed by atoms with Gasteiger partial charge in [-0.2, -0.15) is 0 Å². The van der Waals surface area contributed by atoms with Crippen LogP contribution in [0.5, 0.6) is 0 Å². The van der Waals surface area contributed by atoms with Gasteiger partial charge in [0.15, 0.2) is 11.5 Å². The van der Waals surface area contributed by atoms with Crippen LogP contribution in [0.4, 0.5) is 5.82 Å². The van der Waals surface area contributed by atoms with Crippen molar-refractivity contribution in [1.82, 2.24) is 29.8 Å². The minimum absolute atomic E-state index is 0.348. The van der Waals surface area contributed by atoms with Crippen molar-refractivity contribution in [2.24, 2.45) is 0 Å². The SMILES string of the molecule is Cc1ccc(CN2CCC(c3nc(N)c4[nH]cnc4n3)CC2)cn1. The molecule has 124 valence electrons. The van der Waals surface area contributed by atoms with Crippen molar-refractivity contribution < 1.29 is 0 Å². The number of hydrogen-bond acceptors (Lipinski definition) is 6. The number of pyridine rings is 1. The van der Waals surface area contributed by atoms with Crippen LogP contribution < -0.4 is 5.73 Å². The largest absolute Gasteiger partial charge is 0.382 e. The number of aromatic nitrogens is 5. The number of rotatable bonds is 3. The molecule has 1 aliphatic rings. The maximum absolute atomic E-state index is 6.01. The Bertz CT molecular complexity index is 832. The molecule has 3 aromatic heterocycles. The second-order valence-electron chi connectivity index (χ2n) is 6.43. The summed E-state index contributed by atoms with van der Waals surface area (Å²) in [5.41, 5.74) is 9.71. The van der Waals surface area contributed by atoms with Crippen LogP contribution in [-0.2, 0) is 6.54 Å². The number of aryl methyl sites for hydroxylation is 1. The van der Waals surface area contributed by atoms with Crippen LogP contribution in [0.1, 0.15) is 35.8 Å². The third-order valence-corrected chi connectivity index (χ3v) is 4.66. The molecule has 0 amide bonds. The molecule has 24 heavy (non-hydrogen) atoms. The molecule has 4 heterocycles. The lowest BCUT2D eigenvalue weighted by Crippen LogP contribution is -2.33. The summed E-state index contributed by atoms with van der Waals surface area (Å²) in [5, 5.41) is 0. The van der Waals surface area contributed by atoms with Crippen LogP contribution >= 0.6 is 0 Å².